The fraction of sp³-hybridized carbons (Fsp3) is 0. The van der Waals surface area contributed by atoms with Gasteiger partial charge < -0.3 is 8.98 Å². The van der Waals surface area contributed by atoms with Crippen LogP contribution in [0.4, 0.5) is 0 Å². The summed E-state index contributed by atoms with van der Waals surface area (Å²) in [6.07, 6.45) is 0. The van der Waals surface area contributed by atoms with Gasteiger partial charge in [-0.3, -0.25) is 0 Å². The zero-order chi connectivity index (χ0) is 41.9. The Balaban J connectivity index is 1.15. The minimum absolute atomic E-state index is 0.573. The molecule has 11 aromatic carbocycles. The molecule has 0 saturated carbocycles. The molecule has 5 heteroatoms. The van der Waals surface area contributed by atoms with Gasteiger partial charge in [0.05, 0.1) is 22.1 Å². The van der Waals surface area contributed by atoms with Crippen LogP contribution in [0, 0.1) is 0 Å². The van der Waals surface area contributed by atoms with Gasteiger partial charge in [0.15, 0.2) is 17.5 Å². The number of aromatic nitrogens is 4. The van der Waals surface area contributed by atoms with Gasteiger partial charge in [-0.25, -0.2) is 15.0 Å². The lowest BCUT2D eigenvalue weighted by Crippen LogP contribution is -2.04. The van der Waals surface area contributed by atoms with Gasteiger partial charge in [-0.15, -0.1) is 0 Å². The molecule has 0 aliphatic rings. The van der Waals surface area contributed by atoms with Crippen LogP contribution in [0.15, 0.2) is 211 Å². The lowest BCUT2D eigenvalue weighted by atomic mass is 9.96. The number of fused-ring (bicyclic) bond motifs is 12. The molecule has 0 amide bonds. The van der Waals surface area contributed by atoms with Crippen molar-refractivity contribution in [3.8, 4) is 39.9 Å². The molecule has 0 fully saturated rings. The number of rotatable bonds is 4. The van der Waals surface area contributed by atoms with Gasteiger partial charge >= 0.3 is 0 Å². The molecule has 64 heavy (non-hydrogen) atoms. The fourth-order valence-electron chi connectivity index (χ4n) is 10.2. The molecular weight excluding hydrogens is 781 g/mol. The first-order valence-corrected chi connectivity index (χ1v) is 21.7. The van der Waals surface area contributed by atoms with E-state index in [-0.39, 0.29) is 0 Å². The van der Waals surface area contributed by atoms with E-state index >= 15 is 0 Å². The summed E-state index contributed by atoms with van der Waals surface area (Å²) >= 11 is 0. The lowest BCUT2D eigenvalue weighted by Gasteiger charge is -2.17. The van der Waals surface area contributed by atoms with Crippen LogP contribution in [0.5, 0.6) is 0 Å². The highest BCUT2D eigenvalue weighted by Crippen LogP contribution is 2.45. The van der Waals surface area contributed by atoms with E-state index in [1.165, 1.54) is 26.9 Å². The van der Waals surface area contributed by atoms with Crippen LogP contribution in [0.1, 0.15) is 0 Å². The predicted octanol–water partition coefficient (Wildman–Crippen LogP) is 15.6. The quantitative estimate of drug-likeness (QED) is 0.166. The van der Waals surface area contributed by atoms with Gasteiger partial charge in [-0.05, 0) is 108 Å². The second-order valence-corrected chi connectivity index (χ2v) is 16.8. The molecule has 0 saturated heterocycles. The maximum atomic E-state index is 6.83. The van der Waals surface area contributed by atoms with Crippen molar-refractivity contribution in [1.29, 1.82) is 0 Å². The monoisotopic (exact) mass is 814 g/mol. The Labute approximate surface area is 366 Å². The third-order valence-electron chi connectivity index (χ3n) is 13.1. The summed E-state index contributed by atoms with van der Waals surface area (Å²) in [6, 6.07) is 73.4. The van der Waals surface area contributed by atoms with Crippen LogP contribution in [0.25, 0.3) is 137 Å². The first-order chi connectivity index (χ1) is 31.7. The largest absolute Gasteiger partial charge is 0.456 e. The average Bonchev–Trinajstić information content (AvgIpc) is 3.88. The molecule has 0 radical (unpaired) electrons. The number of hydrogen-bond acceptors (Lipinski definition) is 4. The number of para-hydroxylation sites is 1. The number of furan rings is 1. The minimum atomic E-state index is 0.573. The summed E-state index contributed by atoms with van der Waals surface area (Å²) in [4.78, 5) is 16.4. The molecule has 0 atom stereocenters. The number of nitrogens with zero attached hydrogens (tertiary/aromatic N) is 4. The van der Waals surface area contributed by atoms with Crippen LogP contribution in [-0.2, 0) is 0 Å². The average molecular weight is 815 g/mol. The van der Waals surface area contributed by atoms with Crippen LogP contribution >= 0.6 is 0 Å². The van der Waals surface area contributed by atoms with E-state index in [9.17, 15) is 0 Å². The van der Waals surface area contributed by atoms with Crippen molar-refractivity contribution in [3.63, 3.8) is 0 Å². The van der Waals surface area contributed by atoms with Crippen LogP contribution in [0.3, 0.4) is 0 Å². The third kappa shape index (κ3) is 5.22. The SMILES string of the molecule is c1ccc2cc(-c3nc(-c4ccc5oc6cc7ccccc7cc6c5c4-n4c5ccccc5c5cc6ccccc6cc54)nc(-c4cc5ccccc5c5ccccc45)n3)ccc2c1. The molecular formula is C59H34N4O. The molecule has 5 nitrogen and oxygen atoms in total. The van der Waals surface area contributed by atoms with Crippen molar-refractivity contribution < 1.29 is 4.42 Å². The Morgan fingerprint density at radius 2 is 0.875 bits per heavy atom. The molecule has 0 unspecified atom stereocenters. The van der Waals surface area contributed by atoms with Crippen LogP contribution in [-0.4, -0.2) is 19.5 Å². The number of benzene rings is 11. The Bertz CT molecular complexity index is 4270. The van der Waals surface area contributed by atoms with E-state index in [4.69, 9.17) is 19.4 Å². The molecule has 0 bridgehead atoms. The summed E-state index contributed by atoms with van der Waals surface area (Å²) in [5.74, 6) is 1.78. The fourth-order valence-corrected chi connectivity index (χ4v) is 10.2. The minimum Gasteiger partial charge on any atom is -0.456 e. The van der Waals surface area contributed by atoms with Gasteiger partial charge in [0.1, 0.15) is 11.2 Å². The van der Waals surface area contributed by atoms with Crippen molar-refractivity contribution in [2.24, 2.45) is 0 Å². The molecule has 3 aromatic heterocycles. The van der Waals surface area contributed by atoms with Gasteiger partial charge in [-0.2, -0.15) is 0 Å². The molecule has 0 spiro atoms. The second kappa shape index (κ2) is 13.4. The summed E-state index contributed by atoms with van der Waals surface area (Å²) in [6.45, 7) is 0. The van der Waals surface area contributed by atoms with Gasteiger partial charge in [-0.1, -0.05) is 152 Å². The Kier molecular flexibility index (Phi) is 7.33. The topological polar surface area (TPSA) is 56.7 Å². The van der Waals surface area contributed by atoms with Crippen molar-refractivity contribution >= 4 is 97.6 Å². The van der Waals surface area contributed by atoms with Gasteiger partial charge in [0.2, 0.25) is 0 Å². The van der Waals surface area contributed by atoms with Crippen molar-refractivity contribution in [3.05, 3.63) is 206 Å². The van der Waals surface area contributed by atoms with Gasteiger partial charge in [0, 0.05) is 32.8 Å². The molecule has 14 rings (SSSR count). The van der Waals surface area contributed by atoms with Crippen molar-refractivity contribution in [2.75, 3.05) is 0 Å². The maximum Gasteiger partial charge on any atom is 0.166 e. The van der Waals surface area contributed by atoms with E-state index in [1.807, 2.05) is 0 Å². The van der Waals surface area contributed by atoms with E-state index in [1.54, 1.807) is 0 Å². The first-order valence-electron chi connectivity index (χ1n) is 21.7. The Morgan fingerprint density at radius 3 is 1.64 bits per heavy atom. The standard InChI is InChI=1S/C59H34N4O/c1-2-14-36-29-42(26-25-35(36)13-1)57-60-58(62-59(61-57)49-32-41-19-7-8-20-43(41)44-21-9-10-22-45(44)49)47-27-28-53-55(50-31-38-16-4-6-18-40(38)34-54(50)64-53)56(47)63-51-24-12-11-23-46(51)48-30-37-15-3-5-17-39(37)33-52(48)63/h1-34H. The lowest BCUT2D eigenvalue weighted by molar-refractivity contribution is 0.669. The highest BCUT2D eigenvalue weighted by molar-refractivity contribution is 6.20. The Hall–Kier alpha value is -8.67. The number of hydrogen-bond donors (Lipinski definition) is 0. The summed E-state index contributed by atoms with van der Waals surface area (Å²) in [5.41, 5.74) is 7.49. The zero-order valence-corrected chi connectivity index (χ0v) is 34.3. The van der Waals surface area contributed by atoms with Crippen LogP contribution in [0.2, 0.25) is 0 Å². The first kappa shape index (κ1) is 35.0. The highest BCUT2D eigenvalue weighted by Gasteiger charge is 2.25. The van der Waals surface area contributed by atoms with E-state index in [2.05, 4.69) is 211 Å². The third-order valence-corrected chi connectivity index (χ3v) is 13.1. The van der Waals surface area contributed by atoms with Crippen molar-refractivity contribution in [2.45, 2.75) is 0 Å². The molecule has 3 heterocycles. The normalized spacial score (nSPS) is 12.1. The molecule has 0 N–H and O–H groups in total. The summed E-state index contributed by atoms with van der Waals surface area (Å²) in [5, 5.41) is 15.8. The van der Waals surface area contributed by atoms with E-state index in [0.717, 1.165) is 93.1 Å². The molecule has 0 aliphatic carbocycles. The maximum absolute atomic E-state index is 6.83. The second-order valence-electron chi connectivity index (χ2n) is 16.8. The van der Waals surface area contributed by atoms with E-state index in [0.29, 0.717) is 17.5 Å². The Morgan fingerprint density at radius 1 is 0.312 bits per heavy atom. The molecule has 0 aliphatic heterocycles. The van der Waals surface area contributed by atoms with Crippen LogP contribution < -0.4 is 0 Å². The highest BCUT2D eigenvalue weighted by atomic mass is 16.3. The smallest absolute Gasteiger partial charge is 0.166 e. The van der Waals surface area contributed by atoms with E-state index < -0.39 is 0 Å². The zero-order valence-electron chi connectivity index (χ0n) is 34.3. The summed E-state index contributed by atoms with van der Waals surface area (Å²) < 4.78 is 9.25. The molecule has 296 valence electrons. The van der Waals surface area contributed by atoms with Crippen molar-refractivity contribution in [1.82, 2.24) is 19.5 Å². The molecule has 14 aromatic rings. The summed E-state index contributed by atoms with van der Waals surface area (Å²) in [7, 11) is 0. The van der Waals surface area contributed by atoms with Gasteiger partial charge in [0.25, 0.3) is 0 Å². The predicted molar refractivity (Wildman–Crippen MR) is 265 cm³/mol.